The first-order chi connectivity index (χ1) is 11.9. The summed E-state index contributed by atoms with van der Waals surface area (Å²) in [6.45, 7) is 3.64. The third-order valence-electron chi connectivity index (χ3n) is 3.28. The summed E-state index contributed by atoms with van der Waals surface area (Å²) in [5.41, 5.74) is -0.974. The Labute approximate surface area is 149 Å². The second-order valence-electron chi connectivity index (χ2n) is 5.30. The van der Waals surface area contributed by atoms with Gasteiger partial charge in [-0.3, -0.25) is 0 Å². The summed E-state index contributed by atoms with van der Waals surface area (Å²) in [4.78, 5) is -0.0473. The number of hydrogen-bond donors (Lipinski definition) is 1. The molecule has 4 nitrogen and oxygen atoms in total. The summed E-state index contributed by atoms with van der Waals surface area (Å²) < 4.78 is 34.9. The van der Waals surface area contributed by atoms with E-state index in [9.17, 15) is 8.78 Å². The van der Waals surface area contributed by atoms with Crippen LogP contribution in [0.1, 0.15) is 25.0 Å². The van der Waals surface area contributed by atoms with Gasteiger partial charge in [0.25, 0.3) is 0 Å². The first kappa shape index (κ1) is 18.6. The molecule has 0 aromatic heterocycles. The summed E-state index contributed by atoms with van der Waals surface area (Å²) in [5, 5.41) is 21.0. The van der Waals surface area contributed by atoms with Crippen LogP contribution in [0.15, 0.2) is 29.2 Å². The van der Waals surface area contributed by atoms with Crippen molar-refractivity contribution in [2.75, 3.05) is 12.4 Å². The van der Waals surface area contributed by atoms with E-state index >= 15 is 0 Å². The van der Waals surface area contributed by atoms with Crippen LogP contribution in [0.25, 0.3) is 0 Å². The van der Waals surface area contributed by atoms with Crippen molar-refractivity contribution in [3.63, 3.8) is 0 Å². The molecule has 0 unspecified atom stereocenters. The zero-order chi connectivity index (χ0) is 18.6. The van der Waals surface area contributed by atoms with Gasteiger partial charge < -0.3 is 10.1 Å². The third-order valence-corrected chi connectivity index (χ3v) is 4.37. The maximum absolute atomic E-state index is 14.9. The Morgan fingerprint density at radius 3 is 2.24 bits per heavy atom. The summed E-state index contributed by atoms with van der Waals surface area (Å²) in [6, 6.07) is 9.91. The Hall–Kier alpha value is -2.77. The Bertz CT molecular complexity index is 885. The van der Waals surface area contributed by atoms with Gasteiger partial charge >= 0.3 is 0 Å². The first-order valence-corrected chi connectivity index (χ1v) is 8.24. The van der Waals surface area contributed by atoms with Crippen molar-refractivity contribution >= 4 is 23.1 Å². The molecule has 1 N–H and O–H groups in total. The van der Waals surface area contributed by atoms with Gasteiger partial charge in [0.1, 0.15) is 29.0 Å². The van der Waals surface area contributed by atoms with Gasteiger partial charge in [0, 0.05) is 5.25 Å². The number of nitrogens with one attached hydrogen (secondary N) is 1. The number of benzene rings is 2. The van der Waals surface area contributed by atoms with Crippen LogP contribution in [-0.4, -0.2) is 12.4 Å². The first-order valence-electron chi connectivity index (χ1n) is 7.36. The fourth-order valence-electron chi connectivity index (χ4n) is 2.22. The summed E-state index contributed by atoms with van der Waals surface area (Å²) in [6.07, 6.45) is 0. The number of halogens is 2. The molecule has 0 spiro atoms. The minimum absolute atomic E-state index is 0.0473. The molecule has 25 heavy (non-hydrogen) atoms. The van der Waals surface area contributed by atoms with E-state index in [1.807, 2.05) is 13.8 Å². The zero-order valence-corrected chi connectivity index (χ0v) is 14.7. The minimum atomic E-state index is -0.963. The van der Waals surface area contributed by atoms with Crippen molar-refractivity contribution in [1.82, 2.24) is 0 Å². The summed E-state index contributed by atoms with van der Waals surface area (Å²) >= 11 is 1.07. The lowest BCUT2D eigenvalue weighted by Gasteiger charge is -2.18. The largest absolute Gasteiger partial charge is 0.495 e. The molecular formula is C18H15F2N3OS. The van der Waals surface area contributed by atoms with Gasteiger partial charge in [-0.05, 0) is 12.1 Å². The summed E-state index contributed by atoms with van der Waals surface area (Å²) in [7, 11) is 1.46. The highest BCUT2D eigenvalue weighted by Crippen LogP contribution is 2.41. The number of methoxy groups -OCH3 is 1. The molecule has 0 bridgehead atoms. The fraction of sp³-hybridized carbons (Fsp3) is 0.222. The van der Waals surface area contributed by atoms with E-state index in [-0.39, 0.29) is 15.8 Å². The SMILES string of the molecule is COc1ccccc1Nc1c(F)c(C#N)c(C#N)c(F)c1SC(C)C. The fourth-order valence-corrected chi connectivity index (χ4v) is 3.15. The van der Waals surface area contributed by atoms with Crippen LogP contribution in [0.2, 0.25) is 0 Å². The smallest absolute Gasteiger partial charge is 0.167 e. The van der Waals surface area contributed by atoms with Gasteiger partial charge in [0.05, 0.1) is 23.4 Å². The molecular weight excluding hydrogens is 344 g/mol. The normalized spacial score (nSPS) is 10.2. The summed E-state index contributed by atoms with van der Waals surface area (Å²) in [5.74, 6) is -1.43. The van der Waals surface area contributed by atoms with E-state index in [1.165, 1.54) is 7.11 Å². The van der Waals surface area contributed by atoms with Crippen molar-refractivity contribution in [3.05, 3.63) is 47.0 Å². The van der Waals surface area contributed by atoms with Gasteiger partial charge in [-0.1, -0.05) is 26.0 Å². The highest BCUT2D eigenvalue weighted by atomic mass is 32.2. The Kier molecular flexibility index (Phi) is 5.84. The number of ether oxygens (including phenoxy) is 1. The molecule has 128 valence electrons. The molecule has 0 atom stereocenters. The van der Waals surface area contributed by atoms with E-state index in [0.29, 0.717) is 11.4 Å². The van der Waals surface area contributed by atoms with E-state index in [4.69, 9.17) is 15.3 Å². The second-order valence-corrected chi connectivity index (χ2v) is 6.88. The van der Waals surface area contributed by atoms with Crippen molar-refractivity contribution in [2.24, 2.45) is 0 Å². The van der Waals surface area contributed by atoms with Crippen LogP contribution in [0.4, 0.5) is 20.2 Å². The zero-order valence-electron chi connectivity index (χ0n) is 13.9. The second kappa shape index (κ2) is 7.87. The van der Waals surface area contributed by atoms with Gasteiger partial charge in [0.2, 0.25) is 0 Å². The number of nitrogens with zero attached hydrogens (tertiary/aromatic N) is 2. The van der Waals surface area contributed by atoms with Crippen molar-refractivity contribution < 1.29 is 13.5 Å². The predicted molar refractivity (Wildman–Crippen MR) is 93.1 cm³/mol. The van der Waals surface area contributed by atoms with Gasteiger partial charge in [-0.15, -0.1) is 11.8 Å². The topological polar surface area (TPSA) is 68.8 Å². The van der Waals surface area contributed by atoms with Crippen LogP contribution in [0.5, 0.6) is 5.75 Å². The molecule has 0 aliphatic heterocycles. The maximum atomic E-state index is 14.9. The van der Waals surface area contributed by atoms with Crippen molar-refractivity contribution in [1.29, 1.82) is 10.5 Å². The average Bonchev–Trinajstić information content (AvgIpc) is 2.60. The molecule has 2 aromatic rings. The van der Waals surface area contributed by atoms with Crippen LogP contribution in [-0.2, 0) is 0 Å². The van der Waals surface area contributed by atoms with Crippen LogP contribution in [0.3, 0.4) is 0 Å². The number of anilines is 2. The maximum Gasteiger partial charge on any atom is 0.167 e. The number of nitriles is 2. The number of rotatable bonds is 5. The lowest BCUT2D eigenvalue weighted by molar-refractivity contribution is 0.416. The van der Waals surface area contributed by atoms with E-state index in [0.717, 1.165) is 11.8 Å². The predicted octanol–water partition coefficient (Wildman–Crippen LogP) is 4.96. The molecule has 2 rings (SSSR count). The highest BCUT2D eigenvalue weighted by molar-refractivity contribution is 8.00. The molecule has 2 aromatic carbocycles. The monoisotopic (exact) mass is 359 g/mol. The lowest BCUT2D eigenvalue weighted by Crippen LogP contribution is -2.07. The molecule has 0 saturated carbocycles. The van der Waals surface area contributed by atoms with E-state index < -0.39 is 22.8 Å². The Morgan fingerprint density at radius 1 is 1.08 bits per heavy atom. The third kappa shape index (κ3) is 3.67. The Balaban J connectivity index is 2.73. The minimum Gasteiger partial charge on any atom is -0.495 e. The molecule has 0 heterocycles. The van der Waals surface area contributed by atoms with Crippen molar-refractivity contribution in [3.8, 4) is 17.9 Å². The molecule has 0 aliphatic rings. The Morgan fingerprint density at radius 2 is 1.68 bits per heavy atom. The molecule has 7 heteroatoms. The molecule has 0 amide bonds. The molecule has 0 fully saturated rings. The molecule has 0 radical (unpaired) electrons. The van der Waals surface area contributed by atoms with Gasteiger partial charge in [-0.2, -0.15) is 10.5 Å². The molecule has 0 aliphatic carbocycles. The van der Waals surface area contributed by atoms with Crippen LogP contribution < -0.4 is 10.1 Å². The average molecular weight is 359 g/mol. The van der Waals surface area contributed by atoms with Crippen molar-refractivity contribution in [2.45, 2.75) is 24.0 Å². The number of thioether (sulfide) groups is 1. The number of hydrogen-bond acceptors (Lipinski definition) is 5. The quantitative estimate of drug-likeness (QED) is 0.764. The van der Waals surface area contributed by atoms with E-state index in [2.05, 4.69) is 5.32 Å². The highest BCUT2D eigenvalue weighted by Gasteiger charge is 2.26. The van der Waals surface area contributed by atoms with Gasteiger partial charge in [-0.25, -0.2) is 8.78 Å². The van der Waals surface area contributed by atoms with E-state index in [1.54, 1.807) is 36.4 Å². The van der Waals surface area contributed by atoms with Crippen LogP contribution >= 0.6 is 11.8 Å². The molecule has 0 saturated heterocycles. The standard InChI is InChI=1S/C18H15F2N3OS/c1-10(2)25-18-16(20)12(9-22)11(8-21)15(19)17(18)23-13-6-4-5-7-14(13)24-3/h4-7,10,23H,1-3H3. The van der Waals surface area contributed by atoms with Crippen LogP contribution in [0, 0.1) is 34.3 Å². The lowest BCUT2D eigenvalue weighted by atomic mass is 10.1. The number of para-hydroxylation sites is 2. The van der Waals surface area contributed by atoms with Gasteiger partial charge in [0.15, 0.2) is 11.6 Å².